The maximum atomic E-state index is 12.1. The van der Waals surface area contributed by atoms with Crippen molar-refractivity contribution in [1.29, 1.82) is 0 Å². The first-order valence-electron chi connectivity index (χ1n) is 7.10. The van der Waals surface area contributed by atoms with Crippen molar-refractivity contribution >= 4 is 15.7 Å². The lowest BCUT2D eigenvalue weighted by molar-refractivity contribution is -0.132. The molecule has 0 spiro atoms. The second-order valence-corrected chi connectivity index (χ2v) is 7.55. The van der Waals surface area contributed by atoms with Crippen molar-refractivity contribution in [1.82, 2.24) is 10.2 Å². The van der Waals surface area contributed by atoms with Crippen molar-refractivity contribution in [2.45, 2.75) is 52.1 Å². The number of carbonyl (C=O) groups excluding carboxylic acids is 1. The summed E-state index contributed by atoms with van der Waals surface area (Å²) in [5.41, 5.74) is 0. The molecule has 1 aliphatic rings. The molecule has 0 aliphatic carbocycles. The Kier molecular flexibility index (Phi) is 6.26. The van der Waals surface area contributed by atoms with Gasteiger partial charge in [-0.25, -0.2) is 8.42 Å². The van der Waals surface area contributed by atoms with E-state index in [0.29, 0.717) is 13.0 Å². The Hall–Kier alpha value is -0.620. The van der Waals surface area contributed by atoms with Gasteiger partial charge >= 0.3 is 0 Å². The van der Waals surface area contributed by atoms with Crippen LogP contribution in [0.3, 0.4) is 0 Å². The summed E-state index contributed by atoms with van der Waals surface area (Å²) in [6.07, 6.45) is 2.53. The fraction of sp³-hybridized carbons (Fsp3) is 0.923. The Morgan fingerprint density at radius 3 is 2.63 bits per heavy atom. The summed E-state index contributed by atoms with van der Waals surface area (Å²) in [7, 11) is -3.25. The number of nitrogens with one attached hydrogen (secondary N) is 1. The van der Waals surface area contributed by atoms with E-state index < -0.39 is 9.84 Å². The molecule has 2 unspecified atom stereocenters. The molecule has 1 N–H and O–H groups in total. The Morgan fingerprint density at radius 1 is 1.32 bits per heavy atom. The summed E-state index contributed by atoms with van der Waals surface area (Å²) in [6, 6.07) is 0.257. The van der Waals surface area contributed by atoms with E-state index in [1.165, 1.54) is 0 Å². The monoisotopic (exact) mass is 290 g/mol. The van der Waals surface area contributed by atoms with Crippen LogP contribution in [0, 0.1) is 0 Å². The predicted octanol–water partition coefficient (Wildman–Crippen LogP) is 0.800. The van der Waals surface area contributed by atoms with Crippen LogP contribution < -0.4 is 5.32 Å². The van der Waals surface area contributed by atoms with Crippen molar-refractivity contribution in [2.24, 2.45) is 0 Å². The van der Waals surface area contributed by atoms with Crippen LogP contribution >= 0.6 is 0 Å². The second kappa shape index (κ2) is 7.24. The maximum Gasteiger partial charge on any atom is 0.238 e. The van der Waals surface area contributed by atoms with Crippen LogP contribution in [0.2, 0.25) is 0 Å². The van der Waals surface area contributed by atoms with Gasteiger partial charge in [-0.3, -0.25) is 4.79 Å². The number of sulfone groups is 1. The van der Waals surface area contributed by atoms with E-state index in [0.717, 1.165) is 19.4 Å². The summed E-state index contributed by atoms with van der Waals surface area (Å²) < 4.78 is 23.8. The molecule has 1 aliphatic heterocycles. The van der Waals surface area contributed by atoms with E-state index in [1.807, 2.05) is 20.8 Å². The van der Waals surface area contributed by atoms with Crippen molar-refractivity contribution in [3.05, 3.63) is 0 Å². The third-order valence-corrected chi connectivity index (χ3v) is 5.35. The van der Waals surface area contributed by atoms with Gasteiger partial charge in [0, 0.05) is 25.2 Å². The summed E-state index contributed by atoms with van der Waals surface area (Å²) in [5.74, 6) is -0.464. The highest BCUT2D eigenvalue weighted by atomic mass is 32.2. The molecule has 0 aromatic rings. The predicted molar refractivity (Wildman–Crippen MR) is 76.8 cm³/mol. The minimum Gasteiger partial charge on any atom is -0.336 e. The lowest BCUT2D eigenvalue weighted by Crippen LogP contribution is -2.58. The molecule has 1 saturated heterocycles. The summed E-state index contributed by atoms with van der Waals surface area (Å²) in [4.78, 5) is 13.8. The van der Waals surface area contributed by atoms with Crippen LogP contribution in [-0.2, 0) is 14.6 Å². The van der Waals surface area contributed by atoms with Gasteiger partial charge in [0.2, 0.25) is 5.91 Å². The Labute approximate surface area is 116 Å². The van der Waals surface area contributed by atoms with Crippen molar-refractivity contribution in [3.63, 3.8) is 0 Å². The fourth-order valence-electron chi connectivity index (χ4n) is 2.32. The molecule has 1 rings (SSSR count). The van der Waals surface area contributed by atoms with E-state index in [9.17, 15) is 13.2 Å². The molecule has 0 saturated carbocycles. The number of unbranched alkanes of at least 4 members (excludes halogenated alkanes) is 2. The van der Waals surface area contributed by atoms with Gasteiger partial charge in [0.05, 0.1) is 5.75 Å². The molecule has 5 nitrogen and oxygen atoms in total. The number of hydrogen-bond acceptors (Lipinski definition) is 4. The fourth-order valence-corrected chi connectivity index (χ4v) is 3.65. The largest absolute Gasteiger partial charge is 0.336 e. The van der Waals surface area contributed by atoms with Crippen molar-refractivity contribution < 1.29 is 13.2 Å². The average Bonchev–Trinajstić information content (AvgIpc) is 2.32. The third kappa shape index (κ3) is 5.10. The molecule has 1 amide bonds. The van der Waals surface area contributed by atoms with Crippen LogP contribution in [-0.4, -0.2) is 55.9 Å². The number of piperazine rings is 1. The van der Waals surface area contributed by atoms with Crippen molar-refractivity contribution in [3.8, 4) is 0 Å². The SMILES string of the molecule is CCCCCS(=O)(=O)CC(=O)N1CCNC(C)C1C. The number of rotatable bonds is 6. The van der Waals surface area contributed by atoms with Gasteiger partial charge in [-0.2, -0.15) is 0 Å². The molecule has 1 heterocycles. The zero-order valence-electron chi connectivity index (χ0n) is 12.2. The zero-order valence-corrected chi connectivity index (χ0v) is 13.0. The number of amides is 1. The van der Waals surface area contributed by atoms with Gasteiger partial charge in [-0.1, -0.05) is 19.8 Å². The Balaban J connectivity index is 2.53. The van der Waals surface area contributed by atoms with Gasteiger partial charge in [0.15, 0.2) is 9.84 Å². The normalized spacial score (nSPS) is 24.5. The molecule has 6 heteroatoms. The summed E-state index contributed by atoms with van der Waals surface area (Å²) in [6.45, 7) is 7.32. The lowest BCUT2D eigenvalue weighted by atomic mass is 10.1. The second-order valence-electron chi connectivity index (χ2n) is 5.37. The maximum absolute atomic E-state index is 12.1. The molecular formula is C13H26N2O3S. The highest BCUT2D eigenvalue weighted by Gasteiger charge is 2.30. The molecule has 0 radical (unpaired) electrons. The minimum atomic E-state index is -3.25. The first kappa shape index (κ1) is 16.4. The van der Waals surface area contributed by atoms with E-state index in [1.54, 1.807) is 4.90 Å². The first-order chi connectivity index (χ1) is 8.87. The molecule has 0 aromatic heterocycles. The molecule has 0 bridgehead atoms. The standard InChI is InChI=1S/C13H26N2O3S/c1-4-5-6-9-19(17,18)10-13(16)15-8-7-14-11(2)12(15)3/h11-12,14H,4-10H2,1-3H3. The molecular weight excluding hydrogens is 264 g/mol. The van der Waals surface area contributed by atoms with Crippen LogP contribution in [0.4, 0.5) is 0 Å². The molecule has 1 fully saturated rings. The van der Waals surface area contributed by atoms with Crippen molar-refractivity contribution in [2.75, 3.05) is 24.6 Å². The van der Waals surface area contributed by atoms with E-state index >= 15 is 0 Å². The first-order valence-corrected chi connectivity index (χ1v) is 8.93. The van der Waals surface area contributed by atoms with Gasteiger partial charge in [0.25, 0.3) is 0 Å². The topological polar surface area (TPSA) is 66.5 Å². The van der Waals surface area contributed by atoms with E-state index in [4.69, 9.17) is 0 Å². The summed E-state index contributed by atoms with van der Waals surface area (Å²) in [5, 5.41) is 3.28. The van der Waals surface area contributed by atoms with Crippen LogP contribution in [0.5, 0.6) is 0 Å². The smallest absolute Gasteiger partial charge is 0.238 e. The van der Waals surface area contributed by atoms with Crippen LogP contribution in [0.15, 0.2) is 0 Å². The number of nitrogens with zero attached hydrogens (tertiary/aromatic N) is 1. The van der Waals surface area contributed by atoms with Gasteiger partial charge in [-0.05, 0) is 20.3 Å². The third-order valence-electron chi connectivity index (χ3n) is 3.76. The molecule has 2 atom stereocenters. The highest BCUT2D eigenvalue weighted by molar-refractivity contribution is 7.92. The Bertz CT molecular complexity index is 395. The zero-order chi connectivity index (χ0) is 14.5. The van der Waals surface area contributed by atoms with Gasteiger partial charge < -0.3 is 10.2 Å². The molecule has 19 heavy (non-hydrogen) atoms. The Morgan fingerprint density at radius 2 is 2.00 bits per heavy atom. The van der Waals surface area contributed by atoms with Crippen LogP contribution in [0.1, 0.15) is 40.0 Å². The lowest BCUT2D eigenvalue weighted by Gasteiger charge is -2.38. The van der Waals surface area contributed by atoms with Gasteiger partial charge in [0.1, 0.15) is 5.75 Å². The number of carbonyl (C=O) groups is 1. The molecule has 0 aromatic carbocycles. The highest BCUT2D eigenvalue weighted by Crippen LogP contribution is 2.11. The number of hydrogen-bond donors (Lipinski definition) is 1. The quantitative estimate of drug-likeness (QED) is 0.735. The average molecular weight is 290 g/mol. The van der Waals surface area contributed by atoms with E-state index in [-0.39, 0.29) is 29.5 Å². The molecule has 112 valence electrons. The van der Waals surface area contributed by atoms with Crippen LogP contribution in [0.25, 0.3) is 0 Å². The van der Waals surface area contributed by atoms with E-state index in [2.05, 4.69) is 5.32 Å². The summed E-state index contributed by atoms with van der Waals surface area (Å²) >= 11 is 0. The minimum absolute atomic E-state index is 0.0482. The van der Waals surface area contributed by atoms with Gasteiger partial charge in [-0.15, -0.1) is 0 Å².